The van der Waals surface area contributed by atoms with E-state index in [9.17, 15) is 14.4 Å². The molecule has 2 fully saturated rings. The molecule has 36 heavy (non-hydrogen) atoms. The summed E-state index contributed by atoms with van der Waals surface area (Å²) in [6.07, 6.45) is 1.99. The number of imide groups is 1. The summed E-state index contributed by atoms with van der Waals surface area (Å²) in [7, 11) is 1.61. The lowest BCUT2D eigenvalue weighted by Gasteiger charge is -2.24. The quantitative estimate of drug-likeness (QED) is 0.516. The Morgan fingerprint density at radius 3 is 2.53 bits per heavy atom. The summed E-state index contributed by atoms with van der Waals surface area (Å²) in [6, 6.07) is 20.6. The van der Waals surface area contributed by atoms with Crippen molar-refractivity contribution in [2.45, 2.75) is 31.3 Å². The van der Waals surface area contributed by atoms with Gasteiger partial charge in [-0.3, -0.25) is 14.5 Å². The van der Waals surface area contributed by atoms with Gasteiger partial charge in [0.15, 0.2) is 0 Å². The summed E-state index contributed by atoms with van der Waals surface area (Å²) in [5.41, 5.74) is 2.63. The first-order valence-corrected chi connectivity index (χ1v) is 12.2. The summed E-state index contributed by atoms with van der Waals surface area (Å²) in [4.78, 5) is 41.8. The summed E-state index contributed by atoms with van der Waals surface area (Å²) in [6.45, 7) is 0.244. The monoisotopic (exact) mass is 482 g/mol. The van der Waals surface area contributed by atoms with Crippen LogP contribution in [0, 0.1) is 0 Å². The fourth-order valence-electron chi connectivity index (χ4n) is 5.40. The van der Waals surface area contributed by atoms with E-state index in [1.807, 2.05) is 42.5 Å². The van der Waals surface area contributed by atoms with E-state index < -0.39 is 6.04 Å². The maximum absolute atomic E-state index is 13.5. The Labute approximate surface area is 208 Å². The van der Waals surface area contributed by atoms with Crippen LogP contribution in [0.2, 0.25) is 0 Å². The largest absolute Gasteiger partial charge is 0.497 e. The first kappa shape index (κ1) is 22.3. The molecule has 6 rings (SSSR count). The number of urea groups is 1. The van der Waals surface area contributed by atoms with Gasteiger partial charge in [-0.05, 0) is 52.9 Å². The number of hydrogen-bond donors (Lipinski definition) is 0. The third-order valence-electron chi connectivity index (χ3n) is 7.32. The number of carbonyl (C=O) groups is 3. The highest BCUT2D eigenvalue weighted by atomic mass is 16.5. The lowest BCUT2D eigenvalue weighted by atomic mass is 9.97. The van der Waals surface area contributed by atoms with Crippen molar-refractivity contribution in [3.05, 3.63) is 77.9 Å². The Hall–Kier alpha value is -4.20. The predicted molar refractivity (Wildman–Crippen MR) is 135 cm³/mol. The van der Waals surface area contributed by atoms with Gasteiger partial charge in [-0.2, -0.15) is 5.10 Å². The van der Waals surface area contributed by atoms with Gasteiger partial charge < -0.3 is 9.64 Å². The van der Waals surface area contributed by atoms with Crippen LogP contribution in [0.3, 0.4) is 0 Å². The van der Waals surface area contributed by atoms with Crippen LogP contribution in [0.25, 0.3) is 10.8 Å². The van der Waals surface area contributed by atoms with Crippen molar-refractivity contribution in [2.24, 2.45) is 5.10 Å². The second kappa shape index (κ2) is 8.78. The Morgan fingerprint density at radius 2 is 1.78 bits per heavy atom. The molecule has 3 aromatic rings. The van der Waals surface area contributed by atoms with Crippen LogP contribution in [0.5, 0.6) is 5.75 Å². The molecule has 0 N–H and O–H groups in total. The van der Waals surface area contributed by atoms with Crippen molar-refractivity contribution in [1.29, 1.82) is 0 Å². The molecule has 3 aliphatic rings. The van der Waals surface area contributed by atoms with E-state index in [4.69, 9.17) is 9.84 Å². The average molecular weight is 483 g/mol. The van der Waals surface area contributed by atoms with Crippen molar-refractivity contribution < 1.29 is 19.1 Å². The van der Waals surface area contributed by atoms with Crippen LogP contribution in [0.15, 0.2) is 71.8 Å². The van der Waals surface area contributed by atoms with E-state index in [0.29, 0.717) is 19.4 Å². The first-order valence-electron chi connectivity index (χ1n) is 12.2. The zero-order chi connectivity index (χ0) is 24.8. The Morgan fingerprint density at radius 1 is 1.00 bits per heavy atom. The molecule has 2 saturated heterocycles. The molecule has 3 heterocycles. The van der Waals surface area contributed by atoms with Gasteiger partial charge in [0, 0.05) is 13.0 Å². The molecular formula is C28H26N4O4. The Kier molecular flexibility index (Phi) is 5.44. The third-order valence-corrected chi connectivity index (χ3v) is 7.32. The number of carbonyl (C=O) groups excluding carboxylic acids is 3. The molecular weight excluding hydrogens is 456 g/mol. The average Bonchev–Trinajstić information content (AvgIpc) is 3.63. The normalized spacial score (nSPS) is 21.4. The van der Waals surface area contributed by atoms with Crippen molar-refractivity contribution in [1.82, 2.24) is 14.8 Å². The molecule has 2 atom stereocenters. The summed E-state index contributed by atoms with van der Waals surface area (Å²) < 4.78 is 5.29. The number of benzene rings is 3. The summed E-state index contributed by atoms with van der Waals surface area (Å²) in [5.74, 6) is 0.0541. The molecule has 0 aliphatic carbocycles. The molecule has 3 aromatic carbocycles. The van der Waals surface area contributed by atoms with E-state index in [-0.39, 0.29) is 30.4 Å². The number of nitrogens with zero attached hydrogens (tertiary/aromatic N) is 4. The number of ether oxygens (including phenoxy) is 1. The number of methoxy groups -OCH3 is 1. The van der Waals surface area contributed by atoms with E-state index in [2.05, 4.69) is 24.3 Å². The highest BCUT2D eigenvalue weighted by Crippen LogP contribution is 2.35. The fraction of sp³-hybridized carbons (Fsp3) is 0.286. The van der Waals surface area contributed by atoms with Gasteiger partial charge in [0.25, 0.3) is 11.8 Å². The van der Waals surface area contributed by atoms with Crippen LogP contribution >= 0.6 is 0 Å². The van der Waals surface area contributed by atoms with Gasteiger partial charge in [-0.25, -0.2) is 9.80 Å². The minimum absolute atomic E-state index is 0.287. The first-order chi connectivity index (χ1) is 17.5. The molecule has 4 amide bonds. The third kappa shape index (κ3) is 3.69. The van der Waals surface area contributed by atoms with Gasteiger partial charge in [-0.15, -0.1) is 0 Å². The maximum Gasteiger partial charge on any atom is 0.327 e. The SMILES string of the molecule is COc1ccc(C2CC(c3ccc4ccccc4c3)=NN2C(=O)CN2C(=O)C3CCCN3C2=O)cc1. The van der Waals surface area contributed by atoms with E-state index in [1.54, 1.807) is 12.0 Å². The number of rotatable bonds is 5. The molecule has 0 aromatic heterocycles. The van der Waals surface area contributed by atoms with Gasteiger partial charge in [0.05, 0.1) is 18.9 Å². The van der Waals surface area contributed by atoms with Crippen LogP contribution in [0.4, 0.5) is 4.79 Å². The lowest BCUT2D eigenvalue weighted by Crippen LogP contribution is -2.42. The molecule has 0 saturated carbocycles. The van der Waals surface area contributed by atoms with Gasteiger partial charge >= 0.3 is 6.03 Å². The van der Waals surface area contributed by atoms with Crippen LogP contribution in [0.1, 0.15) is 36.4 Å². The van der Waals surface area contributed by atoms with Crippen LogP contribution < -0.4 is 4.74 Å². The van der Waals surface area contributed by atoms with Crippen LogP contribution in [-0.4, -0.2) is 64.6 Å². The highest BCUT2D eigenvalue weighted by molar-refractivity contribution is 6.08. The minimum Gasteiger partial charge on any atom is -0.497 e. The molecule has 8 nitrogen and oxygen atoms in total. The van der Waals surface area contributed by atoms with Gasteiger partial charge in [0.2, 0.25) is 0 Å². The number of hydrogen-bond acceptors (Lipinski definition) is 5. The standard InChI is InChI=1S/C28H26N4O4/c1-36-22-12-10-19(11-13-22)25-16-23(21-9-8-18-5-2-3-6-20(18)15-21)29-32(25)26(33)17-31-27(34)24-7-4-14-30(24)28(31)35/h2-3,5-6,8-13,15,24-25H,4,7,14,16-17H2,1H3. The summed E-state index contributed by atoms with van der Waals surface area (Å²) in [5, 5.41) is 8.40. The zero-order valence-electron chi connectivity index (χ0n) is 20.0. The predicted octanol–water partition coefficient (Wildman–Crippen LogP) is 3.95. The summed E-state index contributed by atoms with van der Waals surface area (Å²) >= 11 is 0. The van der Waals surface area contributed by atoms with Crippen molar-refractivity contribution in [3.8, 4) is 5.75 Å². The Balaban J connectivity index is 1.32. The lowest BCUT2D eigenvalue weighted by molar-refractivity contribution is -0.138. The van der Waals surface area contributed by atoms with Crippen molar-refractivity contribution in [2.75, 3.05) is 20.2 Å². The highest BCUT2D eigenvalue weighted by Gasteiger charge is 2.48. The van der Waals surface area contributed by atoms with E-state index in [0.717, 1.165) is 44.7 Å². The van der Waals surface area contributed by atoms with Gasteiger partial charge in [0.1, 0.15) is 18.3 Å². The molecule has 0 radical (unpaired) electrons. The molecule has 0 spiro atoms. The molecule has 182 valence electrons. The zero-order valence-corrected chi connectivity index (χ0v) is 20.0. The smallest absolute Gasteiger partial charge is 0.327 e. The molecule has 3 aliphatic heterocycles. The number of amides is 4. The number of hydrazone groups is 1. The maximum atomic E-state index is 13.5. The number of fused-ring (bicyclic) bond motifs is 2. The topological polar surface area (TPSA) is 82.5 Å². The molecule has 8 heteroatoms. The van der Waals surface area contributed by atoms with Gasteiger partial charge in [-0.1, -0.05) is 48.5 Å². The van der Waals surface area contributed by atoms with Crippen LogP contribution in [-0.2, 0) is 9.59 Å². The van der Waals surface area contributed by atoms with Crippen molar-refractivity contribution in [3.63, 3.8) is 0 Å². The minimum atomic E-state index is -0.432. The van der Waals surface area contributed by atoms with E-state index in [1.165, 1.54) is 5.01 Å². The second-order valence-electron chi connectivity index (χ2n) is 9.40. The molecule has 2 unspecified atom stereocenters. The Bertz CT molecular complexity index is 1380. The molecule has 0 bridgehead atoms. The second-order valence-corrected chi connectivity index (χ2v) is 9.40. The van der Waals surface area contributed by atoms with Crippen molar-refractivity contribution >= 4 is 34.3 Å². The van der Waals surface area contributed by atoms with E-state index >= 15 is 0 Å². The fourth-order valence-corrected chi connectivity index (χ4v) is 5.40.